The van der Waals surface area contributed by atoms with Gasteiger partial charge in [0.15, 0.2) is 11.6 Å². The molecule has 3 rings (SSSR count). The number of ketones is 2. The molecule has 0 heterocycles. The Morgan fingerprint density at radius 3 is 2.87 bits per heavy atom. The Kier molecular flexibility index (Phi) is 1.54. The van der Waals surface area contributed by atoms with Gasteiger partial charge < -0.3 is 0 Å². The second kappa shape index (κ2) is 2.76. The summed E-state index contributed by atoms with van der Waals surface area (Å²) in [6.45, 7) is 0. The fourth-order valence-corrected chi connectivity index (χ4v) is 2.12. The highest BCUT2D eigenvalue weighted by Gasteiger charge is 2.29. The van der Waals surface area contributed by atoms with Crippen molar-refractivity contribution in [3.05, 3.63) is 58.7 Å². The van der Waals surface area contributed by atoms with E-state index in [-0.39, 0.29) is 11.6 Å². The third-order valence-electron chi connectivity index (χ3n) is 2.81. The standard InChI is InChI=1S/C13H8O2/c14-11-5-2-4-9-10(11)7-8-3-1-6-12(15)13(8)9/h1-4,6-7H,5H2. The van der Waals surface area contributed by atoms with E-state index >= 15 is 0 Å². The van der Waals surface area contributed by atoms with Crippen LogP contribution in [-0.4, -0.2) is 11.6 Å². The number of rotatable bonds is 0. The Hall–Kier alpha value is -1.96. The van der Waals surface area contributed by atoms with Gasteiger partial charge >= 0.3 is 0 Å². The summed E-state index contributed by atoms with van der Waals surface area (Å²) in [4.78, 5) is 23.3. The molecule has 0 bridgehead atoms. The average Bonchev–Trinajstić information content (AvgIpc) is 2.59. The second-order valence-electron chi connectivity index (χ2n) is 3.72. The number of fused-ring (bicyclic) bond motifs is 2. The van der Waals surface area contributed by atoms with Gasteiger partial charge in [-0.25, -0.2) is 0 Å². The molecule has 0 amide bonds. The van der Waals surface area contributed by atoms with Gasteiger partial charge in [-0.1, -0.05) is 24.3 Å². The van der Waals surface area contributed by atoms with E-state index in [0.29, 0.717) is 17.6 Å². The highest BCUT2D eigenvalue weighted by atomic mass is 16.1. The van der Waals surface area contributed by atoms with Gasteiger partial charge in [-0.15, -0.1) is 0 Å². The van der Waals surface area contributed by atoms with Crippen molar-refractivity contribution in [1.82, 2.24) is 0 Å². The monoisotopic (exact) mass is 196 g/mol. The van der Waals surface area contributed by atoms with Crippen LogP contribution in [0.15, 0.2) is 58.7 Å². The van der Waals surface area contributed by atoms with E-state index in [9.17, 15) is 9.59 Å². The molecule has 0 fully saturated rings. The van der Waals surface area contributed by atoms with Crippen LogP contribution < -0.4 is 0 Å². The van der Waals surface area contributed by atoms with Crippen molar-refractivity contribution in [2.24, 2.45) is 0 Å². The zero-order chi connectivity index (χ0) is 10.4. The minimum Gasteiger partial charge on any atom is -0.294 e. The van der Waals surface area contributed by atoms with Crippen molar-refractivity contribution in [1.29, 1.82) is 0 Å². The summed E-state index contributed by atoms with van der Waals surface area (Å²) < 4.78 is 0. The Balaban J connectivity index is 2.28. The molecule has 2 heteroatoms. The van der Waals surface area contributed by atoms with Crippen LogP contribution in [0.5, 0.6) is 0 Å². The first-order valence-corrected chi connectivity index (χ1v) is 4.86. The Morgan fingerprint density at radius 2 is 2.00 bits per heavy atom. The Morgan fingerprint density at radius 1 is 1.13 bits per heavy atom. The molecule has 0 radical (unpaired) electrons. The summed E-state index contributed by atoms with van der Waals surface area (Å²) in [5, 5.41) is 0. The van der Waals surface area contributed by atoms with Gasteiger partial charge in [-0.2, -0.15) is 0 Å². The van der Waals surface area contributed by atoms with Crippen LogP contribution in [0.4, 0.5) is 0 Å². The molecule has 0 N–H and O–H groups in total. The number of hydrogen-bond acceptors (Lipinski definition) is 2. The zero-order valence-corrected chi connectivity index (χ0v) is 7.99. The van der Waals surface area contributed by atoms with Crippen LogP contribution in [0.1, 0.15) is 6.42 Å². The van der Waals surface area contributed by atoms with Gasteiger partial charge in [0.05, 0.1) is 0 Å². The first-order valence-electron chi connectivity index (χ1n) is 4.86. The van der Waals surface area contributed by atoms with Crippen molar-refractivity contribution < 1.29 is 9.59 Å². The van der Waals surface area contributed by atoms with Gasteiger partial charge in [0, 0.05) is 17.6 Å². The first kappa shape index (κ1) is 8.36. The maximum Gasteiger partial charge on any atom is 0.187 e. The van der Waals surface area contributed by atoms with Gasteiger partial charge in [0.2, 0.25) is 0 Å². The molecule has 0 saturated heterocycles. The topological polar surface area (TPSA) is 34.1 Å². The van der Waals surface area contributed by atoms with E-state index in [1.165, 1.54) is 6.08 Å². The van der Waals surface area contributed by atoms with E-state index in [0.717, 1.165) is 11.1 Å². The number of Topliss-reactive ketones (excluding diaryl/α,β-unsaturated/α-hetero) is 1. The van der Waals surface area contributed by atoms with Crippen LogP contribution in [0, 0.1) is 0 Å². The van der Waals surface area contributed by atoms with Gasteiger partial charge in [0.25, 0.3) is 0 Å². The lowest BCUT2D eigenvalue weighted by atomic mass is 9.92. The molecule has 0 aromatic rings. The predicted molar refractivity (Wildman–Crippen MR) is 56.1 cm³/mol. The smallest absolute Gasteiger partial charge is 0.187 e. The molecule has 0 spiro atoms. The third-order valence-corrected chi connectivity index (χ3v) is 2.81. The summed E-state index contributed by atoms with van der Waals surface area (Å²) in [6, 6.07) is 0. The van der Waals surface area contributed by atoms with Crippen molar-refractivity contribution in [2.75, 3.05) is 0 Å². The zero-order valence-electron chi connectivity index (χ0n) is 7.99. The van der Waals surface area contributed by atoms with Crippen LogP contribution in [0.3, 0.4) is 0 Å². The predicted octanol–water partition coefficient (Wildman–Crippen LogP) is 1.82. The Bertz CT molecular complexity index is 537. The molecule has 3 aliphatic carbocycles. The largest absolute Gasteiger partial charge is 0.294 e. The second-order valence-corrected chi connectivity index (χ2v) is 3.72. The molecule has 3 aliphatic rings. The highest BCUT2D eigenvalue weighted by Crippen LogP contribution is 2.37. The quantitative estimate of drug-likeness (QED) is 0.592. The molecule has 2 nitrogen and oxygen atoms in total. The van der Waals surface area contributed by atoms with Crippen molar-refractivity contribution in [2.45, 2.75) is 6.42 Å². The maximum absolute atomic E-state index is 11.7. The summed E-state index contributed by atoms with van der Waals surface area (Å²) >= 11 is 0. The Labute approximate surface area is 87.0 Å². The molecule has 0 aliphatic heterocycles. The summed E-state index contributed by atoms with van der Waals surface area (Å²) in [5.74, 6) is 0.0937. The van der Waals surface area contributed by atoms with E-state index in [4.69, 9.17) is 0 Å². The van der Waals surface area contributed by atoms with Crippen molar-refractivity contribution in [3.63, 3.8) is 0 Å². The molecular weight excluding hydrogens is 188 g/mol. The highest BCUT2D eigenvalue weighted by molar-refractivity contribution is 6.16. The lowest BCUT2D eigenvalue weighted by Gasteiger charge is -2.10. The molecule has 0 saturated carbocycles. The van der Waals surface area contributed by atoms with E-state index in [2.05, 4.69) is 0 Å². The number of carbonyl (C=O) groups excluding carboxylic acids is 2. The normalized spacial score (nSPS) is 22.7. The SMILES string of the molecule is O=C1C=CC=C2C=C3C(=O)CC=CC3=C12. The minimum atomic E-state index is -0.00639. The first-order chi connectivity index (χ1) is 7.27. The van der Waals surface area contributed by atoms with Crippen LogP contribution >= 0.6 is 0 Å². The fourth-order valence-electron chi connectivity index (χ4n) is 2.12. The van der Waals surface area contributed by atoms with Gasteiger partial charge in [-0.3, -0.25) is 9.59 Å². The van der Waals surface area contributed by atoms with E-state index < -0.39 is 0 Å². The molecular formula is C13H8O2. The third kappa shape index (κ3) is 1.05. The molecule has 15 heavy (non-hydrogen) atoms. The molecule has 0 unspecified atom stereocenters. The number of allylic oxidation sites excluding steroid dienone is 10. The lowest BCUT2D eigenvalue weighted by Crippen LogP contribution is -2.08. The fraction of sp³-hybridized carbons (Fsp3) is 0.0769. The van der Waals surface area contributed by atoms with E-state index in [1.54, 1.807) is 6.08 Å². The number of hydrogen-bond donors (Lipinski definition) is 0. The van der Waals surface area contributed by atoms with Crippen molar-refractivity contribution >= 4 is 11.6 Å². The summed E-state index contributed by atoms with van der Waals surface area (Å²) in [6.07, 6.45) is 11.1. The van der Waals surface area contributed by atoms with Crippen LogP contribution in [0.2, 0.25) is 0 Å². The molecule has 72 valence electrons. The summed E-state index contributed by atoms with van der Waals surface area (Å²) in [7, 11) is 0. The van der Waals surface area contributed by atoms with Gasteiger partial charge in [0.1, 0.15) is 0 Å². The molecule has 0 aromatic heterocycles. The van der Waals surface area contributed by atoms with Gasteiger partial charge in [-0.05, 0) is 23.3 Å². The number of carbonyl (C=O) groups is 2. The average molecular weight is 196 g/mol. The molecule has 0 atom stereocenters. The maximum atomic E-state index is 11.7. The summed E-state index contributed by atoms with van der Waals surface area (Å²) in [5.41, 5.74) is 3.03. The van der Waals surface area contributed by atoms with Crippen LogP contribution in [0.25, 0.3) is 0 Å². The minimum absolute atomic E-state index is 0.00639. The van der Waals surface area contributed by atoms with Crippen LogP contribution in [-0.2, 0) is 9.59 Å². The van der Waals surface area contributed by atoms with E-state index in [1.807, 2.05) is 24.3 Å². The molecule has 0 aromatic carbocycles. The lowest BCUT2D eigenvalue weighted by molar-refractivity contribution is -0.114. The van der Waals surface area contributed by atoms with Crippen molar-refractivity contribution in [3.8, 4) is 0 Å².